The summed E-state index contributed by atoms with van der Waals surface area (Å²) in [6, 6.07) is 2.90. The van der Waals surface area contributed by atoms with Gasteiger partial charge in [0.15, 0.2) is 0 Å². The molecule has 0 aliphatic heterocycles. The molecule has 0 amide bonds. The molecule has 126 valence electrons. The minimum Gasteiger partial charge on any atom is -0.495 e. The fourth-order valence-corrected chi connectivity index (χ4v) is 3.58. The summed E-state index contributed by atoms with van der Waals surface area (Å²) >= 11 is 0. The Balaban J connectivity index is 2.29. The predicted octanol–water partition coefficient (Wildman–Crippen LogP) is 1.43. The van der Waals surface area contributed by atoms with Gasteiger partial charge in [-0.3, -0.25) is 0 Å². The molecule has 1 aromatic heterocycles. The van der Waals surface area contributed by atoms with Crippen LogP contribution in [0.5, 0.6) is 5.75 Å². The first-order valence-corrected chi connectivity index (χ1v) is 8.52. The van der Waals surface area contributed by atoms with Gasteiger partial charge in [-0.25, -0.2) is 17.5 Å². The molecule has 1 unspecified atom stereocenters. The van der Waals surface area contributed by atoms with E-state index in [2.05, 4.69) is 14.9 Å². The molecule has 0 aliphatic carbocycles. The van der Waals surface area contributed by atoms with Crippen LogP contribution in [0.3, 0.4) is 0 Å². The first kappa shape index (κ1) is 17.4. The summed E-state index contributed by atoms with van der Waals surface area (Å²) in [5, 5.41) is 7.95. The number of nitrogens with one attached hydrogen (secondary N) is 1. The van der Waals surface area contributed by atoms with Crippen LogP contribution in [0.2, 0.25) is 0 Å². The zero-order chi connectivity index (χ0) is 17.0. The number of sulfonamides is 1. The number of ether oxygens (including phenoxy) is 1. The van der Waals surface area contributed by atoms with Crippen LogP contribution in [0.1, 0.15) is 13.8 Å². The van der Waals surface area contributed by atoms with Gasteiger partial charge in [-0.05, 0) is 24.1 Å². The Kier molecular flexibility index (Phi) is 5.32. The topological polar surface area (TPSA) is 86.1 Å². The lowest BCUT2D eigenvalue weighted by Gasteiger charge is -2.22. The Morgan fingerprint density at radius 2 is 1.96 bits per heavy atom. The number of nitrogens with zero attached hydrogens (tertiary/aromatic N) is 3. The van der Waals surface area contributed by atoms with Crippen molar-refractivity contribution in [2.45, 2.75) is 31.3 Å². The van der Waals surface area contributed by atoms with Crippen molar-refractivity contribution in [3.8, 4) is 5.75 Å². The van der Waals surface area contributed by atoms with Gasteiger partial charge in [-0.1, -0.05) is 13.8 Å². The fourth-order valence-electron chi connectivity index (χ4n) is 2.02. The van der Waals surface area contributed by atoms with Crippen LogP contribution in [-0.2, 0) is 16.6 Å². The van der Waals surface area contributed by atoms with Crippen molar-refractivity contribution in [1.29, 1.82) is 0 Å². The summed E-state index contributed by atoms with van der Waals surface area (Å²) in [5.74, 6) is -0.588. The summed E-state index contributed by atoms with van der Waals surface area (Å²) in [6.07, 6.45) is 3.03. The Hall–Kier alpha value is -2.00. The molecule has 1 atom stereocenters. The number of halogens is 1. The fraction of sp³-hybridized carbons (Fsp3) is 0.429. The minimum atomic E-state index is -3.96. The molecule has 0 saturated carbocycles. The lowest BCUT2D eigenvalue weighted by molar-refractivity contribution is 0.359. The van der Waals surface area contributed by atoms with Gasteiger partial charge in [0.2, 0.25) is 10.0 Å². The average Bonchev–Trinajstić information content (AvgIpc) is 2.99. The highest BCUT2D eigenvalue weighted by Crippen LogP contribution is 2.25. The van der Waals surface area contributed by atoms with Crippen molar-refractivity contribution in [2.24, 2.45) is 5.92 Å². The molecule has 7 nitrogen and oxygen atoms in total. The molecule has 2 aromatic rings. The molecule has 0 fully saturated rings. The molecule has 0 aliphatic rings. The molecular formula is C14H19FN4O3S. The van der Waals surface area contributed by atoms with Gasteiger partial charge in [-0.15, -0.1) is 0 Å². The third-order valence-corrected chi connectivity index (χ3v) is 4.86. The summed E-state index contributed by atoms with van der Waals surface area (Å²) in [7, 11) is -2.62. The number of benzene rings is 1. The molecule has 0 saturated heterocycles. The van der Waals surface area contributed by atoms with Crippen molar-refractivity contribution < 1.29 is 17.5 Å². The summed E-state index contributed by atoms with van der Waals surface area (Å²) in [6.45, 7) is 4.01. The van der Waals surface area contributed by atoms with Crippen LogP contribution in [-0.4, -0.2) is 36.6 Å². The minimum absolute atomic E-state index is 0.0182. The molecular weight excluding hydrogens is 323 g/mol. The monoisotopic (exact) mass is 342 g/mol. The number of aromatic nitrogens is 3. The summed E-state index contributed by atoms with van der Waals surface area (Å²) in [5.41, 5.74) is 0. The Labute approximate surface area is 134 Å². The van der Waals surface area contributed by atoms with E-state index in [0.29, 0.717) is 0 Å². The van der Waals surface area contributed by atoms with Gasteiger partial charge in [0.25, 0.3) is 0 Å². The highest BCUT2D eigenvalue weighted by molar-refractivity contribution is 7.89. The van der Waals surface area contributed by atoms with E-state index in [-0.39, 0.29) is 23.1 Å². The zero-order valence-electron chi connectivity index (χ0n) is 13.1. The maximum atomic E-state index is 13.4. The molecule has 0 bridgehead atoms. The first-order chi connectivity index (χ1) is 10.8. The lowest BCUT2D eigenvalue weighted by atomic mass is 10.1. The predicted molar refractivity (Wildman–Crippen MR) is 81.9 cm³/mol. The van der Waals surface area contributed by atoms with Gasteiger partial charge >= 0.3 is 0 Å². The zero-order valence-corrected chi connectivity index (χ0v) is 13.9. The van der Waals surface area contributed by atoms with E-state index < -0.39 is 21.9 Å². The molecule has 2 rings (SSSR count). The van der Waals surface area contributed by atoms with E-state index >= 15 is 0 Å². The van der Waals surface area contributed by atoms with Crippen LogP contribution < -0.4 is 9.46 Å². The Morgan fingerprint density at radius 1 is 1.30 bits per heavy atom. The third kappa shape index (κ3) is 4.26. The van der Waals surface area contributed by atoms with Gasteiger partial charge in [0.1, 0.15) is 16.5 Å². The standard InChI is InChI=1S/C14H19FN4O3S/c1-10(2)12(9-19-16-6-7-17-19)18-23(20,21)14-8-11(15)4-5-13(14)22-3/h4-8,10,12,18H,9H2,1-3H3. The highest BCUT2D eigenvalue weighted by atomic mass is 32.2. The maximum absolute atomic E-state index is 13.4. The van der Waals surface area contributed by atoms with E-state index in [1.54, 1.807) is 0 Å². The quantitative estimate of drug-likeness (QED) is 0.823. The smallest absolute Gasteiger partial charge is 0.244 e. The van der Waals surface area contributed by atoms with E-state index in [1.165, 1.54) is 30.4 Å². The second kappa shape index (κ2) is 7.05. The van der Waals surface area contributed by atoms with Crippen LogP contribution in [0, 0.1) is 11.7 Å². The molecule has 1 aromatic carbocycles. The van der Waals surface area contributed by atoms with Gasteiger partial charge in [0, 0.05) is 6.04 Å². The van der Waals surface area contributed by atoms with Crippen molar-refractivity contribution in [1.82, 2.24) is 19.7 Å². The maximum Gasteiger partial charge on any atom is 0.244 e. The normalized spacial score (nSPS) is 13.3. The molecule has 1 N–H and O–H groups in total. The van der Waals surface area contributed by atoms with E-state index in [9.17, 15) is 12.8 Å². The van der Waals surface area contributed by atoms with Crippen molar-refractivity contribution in [3.05, 3.63) is 36.4 Å². The second-order valence-electron chi connectivity index (χ2n) is 5.35. The molecule has 0 radical (unpaired) electrons. The number of rotatable bonds is 7. The Bertz CT molecular complexity index is 747. The highest BCUT2D eigenvalue weighted by Gasteiger charge is 2.26. The number of hydrogen-bond donors (Lipinski definition) is 1. The van der Waals surface area contributed by atoms with E-state index in [0.717, 1.165) is 12.1 Å². The third-order valence-electron chi connectivity index (χ3n) is 3.35. The SMILES string of the molecule is COc1ccc(F)cc1S(=O)(=O)NC(Cn1nccn1)C(C)C. The summed E-state index contributed by atoms with van der Waals surface area (Å²) < 4.78 is 46.2. The molecule has 1 heterocycles. The van der Waals surface area contributed by atoms with Crippen LogP contribution in [0.25, 0.3) is 0 Å². The molecule has 9 heteroatoms. The van der Waals surface area contributed by atoms with Crippen molar-refractivity contribution in [2.75, 3.05) is 7.11 Å². The van der Waals surface area contributed by atoms with Crippen molar-refractivity contribution in [3.63, 3.8) is 0 Å². The first-order valence-electron chi connectivity index (χ1n) is 7.03. The molecule has 23 heavy (non-hydrogen) atoms. The largest absolute Gasteiger partial charge is 0.495 e. The Morgan fingerprint density at radius 3 is 2.52 bits per heavy atom. The van der Waals surface area contributed by atoms with Crippen molar-refractivity contribution >= 4 is 10.0 Å². The van der Waals surface area contributed by atoms with E-state index in [4.69, 9.17) is 4.74 Å². The van der Waals surface area contributed by atoms with Gasteiger partial charge in [0.05, 0.1) is 26.0 Å². The lowest BCUT2D eigenvalue weighted by Crippen LogP contribution is -2.42. The van der Waals surface area contributed by atoms with Gasteiger partial charge < -0.3 is 4.74 Å². The molecule has 0 spiro atoms. The number of methoxy groups -OCH3 is 1. The van der Waals surface area contributed by atoms with Crippen LogP contribution in [0.4, 0.5) is 4.39 Å². The van der Waals surface area contributed by atoms with Crippen LogP contribution in [0.15, 0.2) is 35.5 Å². The second-order valence-corrected chi connectivity index (χ2v) is 7.03. The van der Waals surface area contributed by atoms with E-state index in [1.807, 2.05) is 13.8 Å². The number of hydrogen-bond acceptors (Lipinski definition) is 5. The van der Waals surface area contributed by atoms with Crippen LogP contribution >= 0.6 is 0 Å². The van der Waals surface area contributed by atoms with Gasteiger partial charge in [-0.2, -0.15) is 15.0 Å². The summed E-state index contributed by atoms with van der Waals surface area (Å²) in [4.78, 5) is 1.16. The average molecular weight is 342 g/mol.